The Morgan fingerprint density at radius 3 is 2.32 bits per heavy atom. The fraction of sp³-hybridized carbons (Fsp3) is 0.429. The van der Waals surface area contributed by atoms with Gasteiger partial charge in [0.1, 0.15) is 0 Å². The largest absolute Gasteiger partial charge is 0.392 e. The van der Waals surface area contributed by atoms with Crippen molar-refractivity contribution in [2.75, 3.05) is 5.32 Å². The molecule has 0 saturated heterocycles. The van der Waals surface area contributed by atoms with Gasteiger partial charge in [-0.25, -0.2) is 0 Å². The van der Waals surface area contributed by atoms with E-state index in [4.69, 9.17) is 18.0 Å². The number of hydrogen-bond acceptors (Lipinski definition) is 2. The van der Waals surface area contributed by atoms with E-state index in [2.05, 4.69) is 21.2 Å². The van der Waals surface area contributed by atoms with Crippen LogP contribution in [0.2, 0.25) is 0 Å². The molecule has 0 atom stereocenters. The summed E-state index contributed by atoms with van der Waals surface area (Å²) >= 11 is 8.52. The first kappa shape index (κ1) is 14.5. The molecule has 1 aromatic rings. The van der Waals surface area contributed by atoms with E-state index in [-0.39, 0.29) is 5.91 Å². The Hall–Kier alpha value is -0.940. The molecule has 0 unspecified atom stereocenters. The Balaban J connectivity index is 2.16. The zero-order valence-corrected chi connectivity index (χ0v) is 13.0. The topological polar surface area (TPSA) is 55.1 Å². The van der Waals surface area contributed by atoms with Gasteiger partial charge in [0, 0.05) is 10.2 Å². The second-order valence-corrected chi connectivity index (χ2v) is 6.32. The second-order valence-electron chi connectivity index (χ2n) is 4.97. The normalized spacial score (nSPS) is 17.7. The highest BCUT2D eigenvalue weighted by Gasteiger charge is 2.42. The Morgan fingerprint density at radius 2 is 1.79 bits per heavy atom. The van der Waals surface area contributed by atoms with Crippen LogP contribution in [-0.4, -0.2) is 10.9 Å². The molecule has 3 N–H and O–H groups in total. The number of carbonyl (C=O) groups is 1. The Labute approximate surface area is 127 Å². The number of thiocarbonyl (C=S) groups is 1. The molecule has 1 aromatic carbocycles. The summed E-state index contributed by atoms with van der Waals surface area (Å²) in [6.45, 7) is 0. The molecule has 1 amide bonds. The third kappa shape index (κ3) is 3.15. The second kappa shape index (κ2) is 6.01. The van der Waals surface area contributed by atoms with Gasteiger partial charge in [0.15, 0.2) is 0 Å². The van der Waals surface area contributed by atoms with Gasteiger partial charge < -0.3 is 11.1 Å². The summed E-state index contributed by atoms with van der Waals surface area (Å²) in [5.74, 6) is -0.0676. The predicted octanol–water partition coefficient (Wildman–Crippen LogP) is 3.62. The van der Waals surface area contributed by atoms with Crippen LogP contribution in [0.5, 0.6) is 0 Å². The molecule has 0 radical (unpaired) electrons. The highest BCUT2D eigenvalue weighted by Crippen LogP contribution is 2.37. The third-order valence-electron chi connectivity index (χ3n) is 3.72. The van der Waals surface area contributed by atoms with Gasteiger partial charge in [-0.15, -0.1) is 0 Å². The molecule has 102 valence electrons. The molecule has 1 saturated carbocycles. The van der Waals surface area contributed by atoms with Crippen LogP contribution in [0.25, 0.3) is 0 Å². The van der Waals surface area contributed by atoms with Crippen molar-refractivity contribution in [1.82, 2.24) is 0 Å². The minimum Gasteiger partial charge on any atom is -0.392 e. The van der Waals surface area contributed by atoms with E-state index < -0.39 is 5.41 Å². The number of anilines is 1. The molecule has 0 aromatic heterocycles. The number of carbonyl (C=O) groups excluding carboxylic acids is 1. The van der Waals surface area contributed by atoms with E-state index in [1.165, 1.54) is 0 Å². The van der Waals surface area contributed by atoms with Crippen molar-refractivity contribution in [3.8, 4) is 0 Å². The van der Waals surface area contributed by atoms with Crippen LogP contribution in [0.4, 0.5) is 5.69 Å². The van der Waals surface area contributed by atoms with Crippen LogP contribution in [-0.2, 0) is 4.79 Å². The first-order valence-corrected chi connectivity index (χ1v) is 7.62. The molecule has 2 rings (SSSR count). The molecular formula is C14H17BrN2OS. The van der Waals surface area contributed by atoms with Crippen molar-refractivity contribution in [2.24, 2.45) is 11.1 Å². The maximum atomic E-state index is 12.5. The van der Waals surface area contributed by atoms with E-state index in [1.54, 1.807) is 0 Å². The minimum atomic E-state index is -0.666. The minimum absolute atomic E-state index is 0.0676. The quantitative estimate of drug-likeness (QED) is 0.826. The van der Waals surface area contributed by atoms with Gasteiger partial charge in [0.25, 0.3) is 0 Å². The molecule has 5 heteroatoms. The highest BCUT2D eigenvalue weighted by molar-refractivity contribution is 9.10. The van der Waals surface area contributed by atoms with Crippen molar-refractivity contribution in [3.05, 3.63) is 28.7 Å². The van der Waals surface area contributed by atoms with Crippen molar-refractivity contribution in [1.29, 1.82) is 0 Å². The van der Waals surface area contributed by atoms with Crippen LogP contribution in [0.15, 0.2) is 28.7 Å². The fourth-order valence-electron chi connectivity index (χ4n) is 2.52. The van der Waals surface area contributed by atoms with Gasteiger partial charge in [-0.05, 0) is 37.1 Å². The smallest absolute Gasteiger partial charge is 0.237 e. The van der Waals surface area contributed by atoms with Crippen LogP contribution < -0.4 is 11.1 Å². The Kier molecular flexibility index (Phi) is 4.58. The SMILES string of the molecule is NC(=S)C1(C(=O)Nc2ccc(Br)cc2)CCCCC1. The molecule has 0 aliphatic heterocycles. The van der Waals surface area contributed by atoms with Gasteiger partial charge in [0.05, 0.1) is 10.4 Å². The van der Waals surface area contributed by atoms with Crippen molar-refractivity contribution in [3.63, 3.8) is 0 Å². The summed E-state index contributed by atoms with van der Waals surface area (Å²) in [7, 11) is 0. The standard InChI is InChI=1S/C14H17BrN2OS/c15-10-4-6-11(7-5-10)17-13(18)14(12(16)19)8-2-1-3-9-14/h4-7H,1-3,8-9H2,(H2,16,19)(H,17,18). The first-order valence-electron chi connectivity index (χ1n) is 6.41. The Morgan fingerprint density at radius 1 is 1.21 bits per heavy atom. The molecular weight excluding hydrogens is 324 g/mol. The third-order valence-corrected chi connectivity index (χ3v) is 4.63. The van der Waals surface area contributed by atoms with Gasteiger partial charge in [-0.1, -0.05) is 47.4 Å². The lowest BCUT2D eigenvalue weighted by Crippen LogP contribution is -2.47. The van der Waals surface area contributed by atoms with Crippen LogP contribution in [0.1, 0.15) is 32.1 Å². The molecule has 0 bridgehead atoms. The summed E-state index contributed by atoms with van der Waals surface area (Å²) < 4.78 is 0.979. The molecule has 19 heavy (non-hydrogen) atoms. The summed E-state index contributed by atoms with van der Waals surface area (Å²) in [6, 6.07) is 7.50. The molecule has 1 aliphatic rings. The average molecular weight is 341 g/mol. The maximum Gasteiger partial charge on any atom is 0.237 e. The lowest BCUT2D eigenvalue weighted by Gasteiger charge is -2.34. The molecule has 0 spiro atoms. The predicted molar refractivity (Wildman–Crippen MR) is 85.1 cm³/mol. The van der Waals surface area contributed by atoms with E-state index in [9.17, 15) is 4.79 Å². The number of nitrogens with two attached hydrogens (primary N) is 1. The zero-order valence-electron chi connectivity index (χ0n) is 10.6. The lowest BCUT2D eigenvalue weighted by atomic mass is 9.73. The van der Waals surface area contributed by atoms with Crippen LogP contribution >= 0.6 is 28.1 Å². The highest BCUT2D eigenvalue weighted by atomic mass is 79.9. The van der Waals surface area contributed by atoms with Gasteiger partial charge in [-0.2, -0.15) is 0 Å². The van der Waals surface area contributed by atoms with Crippen LogP contribution in [0, 0.1) is 5.41 Å². The summed E-state index contributed by atoms with van der Waals surface area (Å²) in [6.07, 6.45) is 4.67. The number of amides is 1. The summed E-state index contributed by atoms with van der Waals surface area (Å²) in [4.78, 5) is 12.8. The van der Waals surface area contributed by atoms with E-state index in [0.717, 1.165) is 42.3 Å². The van der Waals surface area contributed by atoms with E-state index in [0.29, 0.717) is 4.99 Å². The number of nitrogens with one attached hydrogen (secondary N) is 1. The average Bonchev–Trinajstić information content (AvgIpc) is 2.42. The van der Waals surface area contributed by atoms with Crippen molar-refractivity contribution in [2.45, 2.75) is 32.1 Å². The van der Waals surface area contributed by atoms with Crippen molar-refractivity contribution < 1.29 is 4.79 Å². The molecule has 1 fully saturated rings. The van der Waals surface area contributed by atoms with E-state index in [1.807, 2.05) is 24.3 Å². The van der Waals surface area contributed by atoms with Gasteiger partial charge >= 0.3 is 0 Å². The molecule has 3 nitrogen and oxygen atoms in total. The molecule has 1 aliphatic carbocycles. The van der Waals surface area contributed by atoms with Gasteiger partial charge in [-0.3, -0.25) is 4.79 Å². The maximum absolute atomic E-state index is 12.5. The fourth-order valence-corrected chi connectivity index (χ4v) is 3.09. The Bertz CT molecular complexity index is 481. The number of halogens is 1. The number of benzene rings is 1. The van der Waals surface area contributed by atoms with Crippen molar-refractivity contribution >= 4 is 44.7 Å². The monoisotopic (exact) mass is 340 g/mol. The lowest BCUT2D eigenvalue weighted by molar-refractivity contribution is -0.123. The summed E-state index contributed by atoms with van der Waals surface area (Å²) in [5, 5.41) is 2.93. The van der Waals surface area contributed by atoms with E-state index >= 15 is 0 Å². The van der Waals surface area contributed by atoms with Crippen LogP contribution in [0.3, 0.4) is 0 Å². The first-order chi connectivity index (χ1) is 9.04. The van der Waals surface area contributed by atoms with Gasteiger partial charge in [0.2, 0.25) is 5.91 Å². The number of rotatable bonds is 3. The zero-order chi connectivity index (χ0) is 13.9. The molecule has 0 heterocycles. The summed E-state index contributed by atoms with van der Waals surface area (Å²) in [5.41, 5.74) is 5.95. The number of hydrogen-bond donors (Lipinski definition) is 2.